The lowest BCUT2D eigenvalue weighted by atomic mass is 9.88. The maximum Gasteiger partial charge on any atom is 0.379 e. The molecule has 3 heterocycles. The van der Waals surface area contributed by atoms with Crippen molar-refractivity contribution in [3.8, 4) is 17.6 Å². The zero-order valence-electron chi connectivity index (χ0n) is 18.3. The fourth-order valence-electron chi connectivity index (χ4n) is 4.07. The largest absolute Gasteiger partial charge is 0.449 e. The van der Waals surface area contributed by atoms with E-state index in [1.165, 1.54) is 11.3 Å². The van der Waals surface area contributed by atoms with Crippen LogP contribution in [0.4, 0.5) is 0 Å². The number of fused-ring (bicyclic) bond motifs is 2. The molecule has 1 unspecified atom stereocenters. The molecule has 0 spiro atoms. The number of benzene rings is 2. The summed E-state index contributed by atoms with van der Waals surface area (Å²) in [5.41, 5.74) is 10.8. The number of hydrogen-bond donors (Lipinski definition) is 1. The Kier molecular flexibility index (Phi) is 4.95. The van der Waals surface area contributed by atoms with Crippen LogP contribution < -0.4 is 15.2 Å². The number of thiophene rings is 1. The topological polar surface area (TPSA) is 98.5 Å². The summed E-state index contributed by atoms with van der Waals surface area (Å²) >= 11 is 1.54. The average molecular weight is 457 g/mol. The zero-order chi connectivity index (χ0) is 23.3. The highest BCUT2D eigenvalue weighted by Crippen LogP contribution is 2.44. The number of nitriles is 1. The third-order valence-corrected chi connectivity index (χ3v) is 6.90. The fourth-order valence-corrected chi connectivity index (χ4v) is 4.92. The van der Waals surface area contributed by atoms with Crippen LogP contribution in [0.3, 0.4) is 0 Å². The summed E-state index contributed by atoms with van der Waals surface area (Å²) in [6, 6.07) is 15.1. The maximum atomic E-state index is 12.9. The van der Waals surface area contributed by atoms with Gasteiger partial charge in [0.05, 0.1) is 5.92 Å². The van der Waals surface area contributed by atoms with Gasteiger partial charge in [0.15, 0.2) is 0 Å². The molecule has 2 aromatic carbocycles. The van der Waals surface area contributed by atoms with Crippen molar-refractivity contribution in [2.75, 3.05) is 0 Å². The van der Waals surface area contributed by atoms with Gasteiger partial charge in [-0.15, -0.1) is 11.3 Å². The number of ether oxygens (including phenoxy) is 2. The van der Waals surface area contributed by atoms with Crippen molar-refractivity contribution in [1.82, 2.24) is 0 Å². The van der Waals surface area contributed by atoms with E-state index in [0.717, 1.165) is 32.5 Å². The Balaban J connectivity index is 1.48. The van der Waals surface area contributed by atoms with Gasteiger partial charge in [-0.25, -0.2) is 4.79 Å². The quantitative estimate of drug-likeness (QED) is 0.306. The highest BCUT2D eigenvalue weighted by atomic mass is 32.1. The van der Waals surface area contributed by atoms with E-state index in [4.69, 9.17) is 19.6 Å². The van der Waals surface area contributed by atoms with Crippen molar-refractivity contribution in [1.29, 1.82) is 5.26 Å². The number of rotatable bonds is 3. The molecule has 2 aromatic heterocycles. The van der Waals surface area contributed by atoms with E-state index in [1.807, 2.05) is 50.4 Å². The molecule has 33 heavy (non-hydrogen) atoms. The molecular weight excluding hydrogens is 436 g/mol. The molecular formula is C26H20N2O4S. The van der Waals surface area contributed by atoms with Crippen molar-refractivity contribution in [3.63, 3.8) is 0 Å². The molecule has 0 fully saturated rings. The van der Waals surface area contributed by atoms with Crippen LogP contribution in [0.15, 0.2) is 63.7 Å². The van der Waals surface area contributed by atoms with E-state index in [-0.39, 0.29) is 17.6 Å². The van der Waals surface area contributed by atoms with Crippen LogP contribution in [0.1, 0.15) is 43.6 Å². The Morgan fingerprint density at radius 1 is 1.15 bits per heavy atom. The molecule has 1 atom stereocenters. The summed E-state index contributed by atoms with van der Waals surface area (Å²) in [6.45, 7) is 5.86. The van der Waals surface area contributed by atoms with Crippen LogP contribution >= 0.6 is 11.3 Å². The lowest BCUT2D eigenvalue weighted by molar-refractivity contribution is 0.0702. The van der Waals surface area contributed by atoms with Crippen LogP contribution in [0.2, 0.25) is 0 Å². The molecule has 4 aromatic rings. The van der Waals surface area contributed by atoms with E-state index in [9.17, 15) is 10.1 Å². The van der Waals surface area contributed by atoms with Gasteiger partial charge in [-0.3, -0.25) is 0 Å². The van der Waals surface area contributed by atoms with Gasteiger partial charge in [0, 0.05) is 27.5 Å². The summed E-state index contributed by atoms with van der Waals surface area (Å²) in [6.07, 6.45) is 0. The highest BCUT2D eigenvalue weighted by molar-refractivity contribution is 7.10. The van der Waals surface area contributed by atoms with Crippen molar-refractivity contribution in [3.05, 3.63) is 92.2 Å². The zero-order valence-corrected chi connectivity index (χ0v) is 19.1. The fraction of sp³-hybridized carbons (Fsp3) is 0.154. The second kappa shape index (κ2) is 7.84. The molecule has 0 saturated carbocycles. The van der Waals surface area contributed by atoms with Crippen LogP contribution in [0.25, 0.3) is 11.0 Å². The molecule has 5 rings (SSSR count). The summed E-state index contributed by atoms with van der Waals surface area (Å²) < 4.78 is 17.2. The predicted octanol–water partition coefficient (Wildman–Crippen LogP) is 5.86. The van der Waals surface area contributed by atoms with Crippen molar-refractivity contribution < 1.29 is 18.7 Å². The van der Waals surface area contributed by atoms with Crippen molar-refractivity contribution in [2.45, 2.75) is 26.7 Å². The van der Waals surface area contributed by atoms with Gasteiger partial charge in [-0.05, 0) is 61.5 Å². The van der Waals surface area contributed by atoms with E-state index in [2.05, 4.69) is 6.07 Å². The van der Waals surface area contributed by atoms with E-state index < -0.39 is 5.97 Å². The Morgan fingerprint density at radius 3 is 2.67 bits per heavy atom. The monoisotopic (exact) mass is 456 g/mol. The minimum absolute atomic E-state index is 0.0470. The standard InChI is InChI=1S/C26H20N2O4S/c1-13-9-18-15(3)24(31-20(18)10-14(13)2)26(29)30-16-6-7-17-21(11-16)32-25(28)19(12-27)23(17)22-5-4-8-33-22/h4-11,23H,28H2,1-3H3. The summed E-state index contributed by atoms with van der Waals surface area (Å²) in [4.78, 5) is 13.9. The number of nitrogens with two attached hydrogens (primary N) is 1. The Morgan fingerprint density at radius 2 is 1.94 bits per heavy atom. The van der Waals surface area contributed by atoms with Gasteiger partial charge < -0.3 is 19.6 Å². The van der Waals surface area contributed by atoms with Gasteiger partial charge in [-0.1, -0.05) is 12.1 Å². The number of esters is 1. The summed E-state index contributed by atoms with van der Waals surface area (Å²) in [5.74, 6) is 0.0345. The minimum atomic E-state index is -0.592. The minimum Gasteiger partial charge on any atom is -0.449 e. The number of aryl methyl sites for hydroxylation is 3. The summed E-state index contributed by atoms with van der Waals surface area (Å²) in [7, 11) is 0. The molecule has 0 amide bonds. The number of carbonyl (C=O) groups excluding carboxylic acids is 1. The normalized spacial score (nSPS) is 15.2. The molecule has 0 bridgehead atoms. The van der Waals surface area contributed by atoms with Crippen molar-refractivity contribution >= 4 is 28.3 Å². The second-order valence-electron chi connectivity index (χ2n) is 8.02. The lowest BCUT2D eigenvalue weighted by Crippen LogP contribution is -2.20. The molecule has 7 heteroatoms. The van der Waals surface area contributed by atoms with E-state index in [1.54, 1.807) is 18.2 Å². The van der Waals surface area contributed by atoms with E-state index in [0.29, 0.717) is 22.7 Å². The first-order valence-electron chi connectivity index (χ1n) is 10.3. The highest BCUT2D eigenvalue weighted by Gasteiger charge is 2.32. The van der Waals surface area contributed by atoms with E-state index >= 15 is 0 Å². The number of allylic oxidation sites excluding steroid dienone is 1. The molecule has 1 aliphatic heterocycles. The Labute approximate surface area is 194 Å². The first-order chi connectivity index (χ1) is 15.9. The number of nitrogens with zero attached hydrogens (tertiary/aromatic N) is 1. The van der Waals surface area contributed by atoms with Crippen LogP contribution in [-0.2, 0) is 0 Å². The molecule has 164 valence electrons. The lowest BCUT2D eigenvalue weighted by Gasteiger charge is -2.25. The molecule has 6 nitrogen and oxygen atoms in total. The molecule has 1 aliphatic rings. The average Bonchev–Trinajstić information content (AvgIpc) is 3.42. The van der Waals surface area contributed by atoms with Crippen LogP contribution in [0.5, 0.6) is 11.5 Å². The molecule has 0 radical (unpaired) electrons. The molecule has 2 N–H and O–H groups in total. The predicted molar refractivity (Wildman–Crippen MR) is 125 cm³/mol. The van der Waals surface area contributed by atoms with Gasteiger partial charge in [-0.2, -0.15) is 5.26 Å². The van der Waals surface area contributed by atoms with Gasteiger partial charge in [0.25, 0.3) is 0 Å². The first kappa shape index (κ1) is 20.9. The smallest absolute Gasteiger partial charge is 0.379 e. The van der Waals surface area contributed by atoms with Crippen LogP contribution in [-0.4, -0.2) is 5.97 Å². The van der Waals surface area contributed by atoms with Crippen LogP contribution in [0, 0.1) is 32.1 Å². The SMILES string of the molecule is Cc1cc2oc(C(=O)Oc3ccc4c(c3)OC(N)=C(C#N)C4c3cccs3)c(C)c2cc1C. The third kappa shape index (κ3) is 3.45. The molecule has 0 aliphatic carbocycles. The number of hydrogen-bond acceptors (Lipinski definition) is 7. The first-order valence-corrected chi connectivity index (χ1v) is 11.2. The maximum absolute atomic E-state index is 12.9. The van der Waals surface area contributed by atoms with Gasteiger partial charge in [0.1, 0.15) is 28.7 Å². The van der Waals surface area contributed by atoms with Gasteiger partial charge >= 0.3 is 5.97 Å². The summed E-state index contributed by atoms with van der Waals surface area (Å²) in [5, 5.41) is 12.5. The number of furan rings is 1. The van der Waals surface area contributed by atoms with Crippen molar-refractivity contribution in [2.24, 2.45) is 5.73 Å². The third-order valence-electron chi connectivity index (χ3n) is 5.97. The Bertz CT molecular complexity index is 1490. The van der Waals surface area contributed by atoms with Gasteiger partial charge in [0.2, 0.25) is 11.6 Å². The molecule has 0 saturated heterocycles. The second-order valence-corrected chi connectivity index (χ2v) is 9.00. The number of carbonyl (C=O) groups is 1. The Hall–Kier alpha value is -4.02.